The molecule has 1 fully saturated rings. The highest BCUT2D eigenvalue weighted by atomic mass is 16.6. The first-order valence-corrected chi connectivity index (χ1v) is 9.40. The van der Waals surface area contributed by atoms with E-state index in [1.165, 1.54) is 6.42 Å². The number of carbonyl (C=O) groups is 1. The number of aromatic nitrogens is 2. The molecule has 3 heterocycles. The molecular weight excluding hydrogens is 344 g/mol. The van der Waals surface area contributed by atoms with Crippen LogP contribution < -0.4 is 9.47 Å². The Labute approximate surface area is 158 Å². The van der Waals surface area contributed by atoms with E-state index in [-0.39, 0.29) is 5.91 Å². The third kappa shape index (κ3) is 3.61. The topological polar surface area (TPSA) is 80.4 Å². The van der Waals surface area contributed by atoms with Gasteiger partial charge in [-0.1, -0.05) is 0 Å². The van der Waals surface area contributed by atoms with Gasteiger partial charge in [0, 0.05) is 24.8 Å². The van der Waals surface area contributed by atoms with E-state index in [9.17, 15) is 4.79 Å². The van der Waals surface area contributed by atoms with Gasteiger partial charge in [-0.05, 0) is 37.5 Å². The number of amides is 1. The second-order valence-electron chi connectivity index (χ2n) is 6.77. The summed E-state index contributed by atoms with van der Waals surface area (Å²) in [5.74, 6) is 1.38. The molecule has 1 aromatic carbocycles. The first-order valence-electron chi connectivity index (χ1n) is 9.40. The monoisotopic (exact) mass is 366 g/mol. The molecule has 1 aromatic heterocycles. The van der Waals surface area contributed by atoms with Crippen molar-refractivity contribution in [1.82, 2.24) is 14.7 Å². The smallest absolute Gasteiger partial charge is 0.257 e. The van der Waals surface area contributed by atoms with Crippen LogP contribution in [-0.2, 0) is 6.54 Å². The minimum Gasteiger partial charge on any atom is -0.486 e. The molecule has 1 saturated heterocycles. The number of nitriles is 1. The maximum absolute atomic E-state index is 13.1. The van der Waals surface area contributed by atoms with Crippen molar-refractivity contribution in [2.75, 3.05) is 26.3 Å². The highest BCUT2D eigenvalue weighted by molar-refractivity contribution is 6.00. The number of aryl methyl sites for hydroxylation is 1. The molecule has 0 saturated carbocycles. The fourth-order valence-corrected chi connectivity index (χ4v) is 3.53. The summed E-state index contributed by atoms with van der Waals surface area (Å²) in [6.45, 7) is 3.06. The van der Waals surface area contributed by atoms with E-state index in [1.807, 2.05) is 23.1 Å². The Kier molecular flexibility index (Phi) is 4.97. The fraction of sp³-hybridized carbons (Fsp3) is 0.450. The number of piperidine rings is 1. The van der Waals surface area contributed by atoms with Crippen LogP contribution in [0.2, 0.25) is 0 Å². The molecule has 0 aliphatic carbocycles. The van der Waals surface area contributed by atoms with Crippen molar-refractivity contribution in [1.29, 1.82) is 5.26 Å². The van der Waals surface area contributed by atoms with E-state index >= 15 is 0 Å². The number of fused-ring (bicyclic) bond motifs is 1. The second-order valence-corrected chi connectivity index (χ2v) is 6.77. The molecule has 0 bridgehead atoms. The number of nitrogens with zero attached hydrogens (tertiary/aromatic N) is 4. The van der Waals surface area contributed by atoms with Crippen molar-refractivity contribution in [2.24, 2.45) is 0 Å². The molecule has 0 unspecified atom stereocenters. The Bertz CT molecular complexity index is 878. The first kappa shape index (κ1) is 17.4. The van der Waals surface area contributed by atoms with Crippen LogP contribution in [0.3, 0.4) is 0 Å². The number of carbonyl (C=O) groups excluding carboxylic acids is 1. The zero-order valence-electron chi connectivity index (χ0n) is 15.2. The van der Waals surface area contributed by atoms with Crippen molar-refractivity contribution < 1.29 is 14.3 Å². The molecule has 1 amide bonds. The van der Waals surface area contributed by atoms with E-state index in [2.05, 4.69) is 11.2 Å². The number of benzene rings is 1. The summed E-state index contributed by atoms with van der Waals surface area (Å²) in [5.41, 5.74) is 2.02. The molecule has 2 aliphatic rings. The molecule has 0 atom stereocenters. The van der Waals surface area contributed by atoms with Crippen LogP contribution in [0.15, 0.2) is 24.4 Å². The van der Waals surface area contributed by atoms with E-state index < -0.39 is 0 Å². The van der Waals surface area contributed by atoms with Gasteiger partial charge in [-0.15, -0.1) is 0 Å². The van der Waals surface area contributed by atoms with Gasteiger partial charge < -0.3 is 14.4 Å². The number of hydrogen-bond donors (Lipinski definition) is 0. The van der Waals surface area contributed by atoms with Gasteiger partial charge in [-0.3, -0.25) is 9.48 Å². The van der Waals surface area contributed by atoms with Crippen LogP contribution in [0.25, 0.3) is 11.3 Å². The molecule has 7 heteroatoms. The van der Waals surface area contributed by atoms with Gasteiger partial charge in [0.2, 0.25) is 0 Å². The molecule has 0 spiro atoms. The highest BCUT2D eigenvalue weighted by Gasteiger charge is 2.25. The molecule has 0 N–H and O–H groups in total. The number of ether oxygens (including phenoxy) is 2. The van der Waals surface area contributed by atoms with Crippen LogP contribution in [0.4, 0.5) is 0 Å². The summed E-state index contributed by atoms with van der Waals surface area (Å²) < 4.78 is 12.9. The number of hydrogen-bond acceptors (Lipinski definition) is 5. The van der Waals surface area contributed by atoms with E-state index in [1.54, 1.807) is 10.9 Å². The van der Waals surface area contributed by atoms with Crippen molar-refractivity contribution in [3.63, 3.8) is 0 Å². The van der Waals surface area contributed by atoms with Gasteiger partial charge >= 0.3 is 0 Å². The average molecular weight is 366 g/mol. The van der Waals surface area contributed by atoms with Crippen molar-refractivity contribution in [2.45, 2.75) is 32.2 Å². The van der Waals surface area contributed by atoms with Gasteiger partial charge in [0.1, 0.15) is 18.9 Å². The van der Waals surface area contributed by atoms with Gasteiger partial charge in [-0.25, -0.2) is 0 Å². The van der Waals surface area contributed by atoms with Crippen LogP contribution in [0.1, 0.15) is 36.0 Å². The molecule has 27 heavy (non-hydrogen) atoms. The van der Waals surface area contributed by atoms with Crippen LogP contribution >= 0.6 is 0 Å². The zero-order chi connectivity index (χ0) is 18.6. The maximum Gasteiger partial charge on any atom is 0.257 e. The molecule has 7 nitrogen and oxygen atoms in total. The fourth-order valence-electron chi connectivity index (χ4n) is 3.53. The minimum atomic E-state index is 0.00259. The Morgan fingerprint density at radius 2 is 1.93 bits per heavy atom. The van der Waals surface area contributed by atoms with Gasteiger partial charge in [0.15, 0.2) is 11.5 Å². The lowest BCUT2D eigenvalue weighted by Crippen LogP contribution is -2.35. The third-order valence-electron chi connectivity index (χ3n) is 4.90. The average Bonchev–Trinajstić information content (AvgIpc) is 3.16. The normalized spacial score (nSPS) is 16.0. The summed E-state index contributed by atoms with van der Waals surface area (Å²) in [4.78, 5) is 15.0. The van der Waals surface area contributed by atoms with E-state index in [4.69, 9.17) is 14.7 Å². The summed E-state index contributed by atoms with van der Waals surface area (Å²) in [7, 11) is 0. The predicted molar refractivity (Wildman–Crippen MR) is 98.6 cm³/mol. The zero-order valence-corrected chi connectivity index (χ0v) is 15.2. The Morgan fingerprint density at radius 1 is 1.15 bits per heavy atom. The summed E-state index contributed by atoms with van der Waals surface area (Å²) >= 11 is 0. The minimum absolute atomic E-state index is 0.00259. The predicted octanol–water partition coefficient (Wildman–Crippen LogP) is 2.86. The molecular formula is C20H22N4O3. The van der Waals surface area contributed by atoms with Crippen molar-refractivity contribution >= 4 is 5.91 Å². The van der Waals surface area contributed by atoms with Gasteiger partial charge in [0.05, 0.1) is 24.6 Å². The molecule has 4 rings (SSSR count). The van der Waals surface area contributed by atoms with E-state index in [0.717, 1.165) is 31.5 Å². The quantitative estimate of drug-likeness (QED) is 0.831. The largest absolute Gasteiger partial charge is 0.486 e. The molecule has 2 aliphatic heterocycles. The lowest BCUT2D eigenvalue weighted by atomic mass is 10.0. The lowest BCUT2D eigenvalue weighted by molar-refractivity contribution is 0.0725. The molecule has 0 radical (unpaired) electrons. The number of likely N-dealkylation sites (tertiary alicyclic amines) is 1. The van der Waals surface area contributed by atoms with Gasteiger partial charge in [-0.2, -0.15) is 10.4 Å². The first-order chi connectivity index (χ1) is 13.3. The highest BCUT2D eigenvalue weighted by Crippen LogP contribution is 2.35. The number of rotatable bonds is 4. The third-order valence-corrected chi connectivity index (χ3v) is 4.90. The van der Waals surface area contributed by atoms with Gasteiger partial charge in [0.25, 0.3) is 5.91 Å². The summed E-state index contributed by atoms with van der Waals surface area (Å²) in [6.07, 6.45) is 5.35. The van der Waals surface area contributed by atoms with Crippen molar-refractivity contribution in [3.8, 4) is 28.8 Å². The maximum atomic E-state index is 13.1. The SMILES string of the molecule is N#CCCn1cc(C(=O)N2CCCCC2)c(-c2ccc3c(c2)OCCO3)n1. The van der Waals surface area contributed by atoms with E-state index in [0.29, 0.717) is 48.9 Å². The summed E-state index contributed by atoms with van der Waals surface area (Å²) in [5, 5.41) is 13.5. The molecule has 2 aromatic rings. The molecule has 140 valence electrons. The second kappa shape index (κ2) is 7.70. The summed E-state index contributed by atoms with van der Waals surface area (Å²) in [6, 6.07) is 7.75. The standard InChI is InChI=1S/C20H22N4O3/c21-7-4-10-24-14-16(20(25)23-8-2-1-3-9-23)19(22-24)15-5-6-17-18(13-15)27-12-11-26-17/h5-6,13-14H,1-4,8-12H2. The Morgan fingerprint density at radius 3 is 2.70 bits per heavy atom. The van der Waals surface area contributed by atoms with Crippen LogP contribution in [0.5, 0.6) is 11.5 Å². The Balaban J connectivity index is 1.70. The van der Waals surface area contributed by atoms with Crippen molar-refractivity contribution in [3.05, 3.63) is 30.0 Å². The van der Waals surface area contributed by atoms with Crippen LogP contribution in [-0.4, -0.2) is 46.9 Å². The Hall–Kier alpha value is -3.01. The van der Waals surface area contributed by atoms with Crippen LogP contribution in [0, 0.1) is 11.3 Å². The lowest BCUT2D eigenvalue weighted by Gasteiger charge is -2.26.